The van der Waals surface area contributed by atoms with Crippen molar-refractivity contribution in [3.8, 4) is 11.5 Å². The first-order valence-electron chi connectivity index (χ1n) is 6.67. The molecule has 22 heavy (non-hydrogen) atoms. The second kappa shape index (κ2) is 7.21. The van der Waals surface area contributed by atoms with Crippen molar-refractivity contribution in [3.05, 3.63) is 39.8 Å². The highest BCUT2D eigenvalue weighted by Gasteiger charge is 2.04. The number of ether oxygens (including phenoxy) is 2. The van der Waals surface area contributed by atoms with Crippen molar-refractivity contribution in [2.45, 2.75) is 13.8 Å². The fourth-order valence-corrected chi connectivity index (χ4v) is 1.65. The quantitative estimate of drug-likeness (QED) is 0.616. The Morgan fingerprint density at radius 1 is 1.36 bits per heavy atom. The van der Waals surface area contributed by atoms with Crippen LogP contribution in [0.4, 0.5) is 5.95 Å². The van der Waals surface area contributed by atoms with Gasteiger partial charge in [0.15, 0.2) is 11.5 Å². The second-order valence-corrected chi connectivity index (χ2v) is 4.30. The molecule has 8 heteroatoms. The minimum Gasteiger partial charge on any atom is -0.493 e. The molecule has 1 aromatic heterocycles. The zero-order valence-electron chi connectivity index (χ0n) is 12.6. The minimum atomic E-state index is -0.309. The Morgan fingerprint density at radius 2 is 2.18 bits per heavy atom. The highest BCUT2D eigenvalue weighted by molar-refractivity contribution is 5.81. The molecule has 2 aromatic rings. The van der Waals surface area contributed by atoms with E-state index in [9.17, 15) is 4.79 Å². The third kappa shape index (κ3) is 3.81. The Kier molecular flexibility index (Phi) is 5.07. The predicted molar refractivity (Wildman–Crippen MR) is 82.8 cm³/mol. The Morgan fingerprint density at radius 3 is 2.86 bits per heavy atom. The molecular weight excluding hydrogens is 286 g/mol. The van der Waals surface area contributed by atoms with Gasteiger partial charge in [-0.15, -0.1) is 10.2 Å². The molecule has 116 valence electrons. The van der Waals surface area contributed by atoms with E-state index in [1.54, 1.807) is 32.4 Å². The number of hydrogen-bond donors (Lipinski definition) is 2. The number of hydrazone groups is 1. The molecule has 2 N–H and O–H groups in total. The van der Waals surface area contributed by atoms with Gasteiger partial charge in [-0.2, -0.15) is 5.10 Å². The predicted octanol–water partition coefficient (Wildman–Crippen LogP) is 1.33. The van der Waals surface area contributed by atoms with E-state index >= 15 is 0 Å². The number of hydrogen-bond acceptors (Lipinski definition) is 7. The zero-order valence-corrected chi connectivity index (χ0v) is 12.6. The van der Waals surface area contributed by atoms with Crippen molar-refractivity contribution in [1.82, 2.24) is 15.2 Å². The van der Waals surface area contributed by atoms with Gasteiger partial charge in [-0.25, -0.2) is 5.43 Å². The Balaban J connectivity index is 2.10. The molecule has 0 amide bonds. The van der Waals surface area contributed by atoms with Crippen LogP contribution in [0.5, 0.6) is 11.5 Å². The van der Waals surface area contributed by atoms with E-state index in [-0.39, 0.29) is 11.5 Å². The van der Waals surface area contributed by atoms with E-state index in [0.717, 1.165) is 5.56 Å². The summed E-state index contributed by atoms with van der Waals surface area (Å²) in [6.45, 7) is 4.01. The van der Waals surface area contributed by atoms with E-state index in [4.69, 9.17) is 9.47 Å². The number of benzene rings is 1. The second-order valence-electron chi connectivity index (χ2n) is 4.30. The lowest BCUT2D eigenvalue weighted by molar-refractivity contribution is 0.311. The highest BCUT2D eigenvalue weighted by Crippen LogP contribution is 2.27. The monoisotopic (exact) mass is 303 g/mol. The van der Waals surface area contributed by atoms with Crippen molar-refractivity contribution in [3.63, 3.8) is 0 Å². The summed E-state index contributed by atoms with van der Waals surface area (Å²) in [7, 11) is 1.58. The van der Waals surface area contributed by atoms with Crippen LogP contribution in [-0.2, 0) is 0 Å². The third-order valence-electron chi connectivity index (χ3n) is 2.73. The fourth-order valence-electron chi connectivity index (χ4n) is 1.65. The van der Waals surface area contributed by atoms with Gasteiger partial charge in [-0.1, -0.05) is 0 Å². The molecule has 0 aliphatic rings. The SMILES string of the molecule is CCOc1cc(/C=N/Nc2nnc(C)c(=O)[nH]2)ccc1OC. The molecule has 0 aliphatic heterocycles. The smallest absolute Gasteiger partial charge is 0.274 e. The molecule has 0 bridgehead atoms. The highest BCUT2D eigenvalue weighted by atomic mass is 16.5. The van der Waals surface area contributed by atoms with Crippen LogP contribution in [0.25, 0.3) is 0 Å². The molecule has 0 saturated carbocycles. The number of methoxy groups -OCH3 is 1. The average molecular weight is 303 g/mol. The first-order valence-corrected chi connectivity index (χ1v) is 6.67. The van der Waals surface area contributed by atoms with Gasteiger partial charge in [-0.3, -0.25) is 9.78 Å². The number of rotatable bonds is 6. The van der Waals surface area contributed by atoms with Crippen molar-refractivity contribution in [1.29, 1.82) is 0 Å². The zero-order chi connectivity index (χ0) is 15.9. The number of aromatic nitrogens is 3. The Hall–Kier alpha value is -2.90. The first-order chi connectivity index (χ1) is 10.6. The van der Waals surface area contributed by atoms with E-state index in [1.807, 2.05) is 13.0 Å². The van der Waals surface area contributed by atoms with Gasteiger partial charge >= 0.3 is 0 Å². The summed E-state index contributed by atoms with van der Waals surface area (Å²) in [4.78, 5) is 13.9. The summed E-state index contributed by atoms with van der Waals surface area (Å²) in [5.41, 5.74) is 3.40. The standard InChI is InChI=1S/C14H17N5O3/c1-4-22-12-7-10(5-6-11(12)21-3)8-15-18-14-16-13(20)9(2)17-19-14/h5-8H,4H2,1-3H3,(H2,16,18,19,20)/b15-8+. The first kappa shape index (κ1) is 15.5. The number of anilines is 1. The molecule has 1 heterocycles. The lowest BCUT2D eigenvalue weighted by atomic mass is 10.2. The van der Waals surface area contributed by atoms with Gasteiger partial charge in [0.1, 0.15) is 5.69 Å². The van der Waals surface area contributed by atoms with Crippen LogP contribution >= 0.6 is 0 Å². The topological polar surface area (TPSA) is 101 Å². The van der Waals surface area contributed by atoms with Crippen molar-refractivity contribution >= 4 is 12.2 Å². The van der Waals surface area contributed by atoms with Gasteiger partial charge in [0, 0.05) is 0 Å². The molecule has 0 saturated heterocycles. The van der Waals surface area contributed by atoms with E-state index in [2.05, 4.69) is 25.7 Å². The van der Waals surface area contributed by atoms with Crippen molar-refractivity contribution in [2.24, 2.45) is 5.10 Å². The summed E-state index contributed by atoms with van der Waals surface area (Å²) >= 11 is 0. The van der Waals surface area contributed by atoms with Crippen LogP contribution in [0.15, 0.2) is 28.1 Å². The normalized spacial score (nSPS) is 10.7. The fraction of sp³-hybridized carbons (Fsp3) is 0.286. The maximum Gasteiger partial charge on any atom is 0.274 e. The molecule has 1 aromatic carbocycles. The summed E-state index contributed by atoms with van der Waals surface area (Å²) in [6.07, 6.45) is 1.57. The third-order valence-corrected chi connectivity index (χ3v) is 2.73. The molecule has 8 nitrogen and oxygen atoms in total. The molecular formula is C14H17N5O3. The number of aryl methyl sites for hydroxylation is 1. The van der Waals surface area contributed by atoms with Crippen molar-refractivity contribution < 1.29 is 9.47 Å². The van der Waals surface area contributed by atoms with Crippen LogP contribution in [0.3, 0.4) is 0 Å². The van der Waals surface area contributed by atoms with E-state index in [0.29, 0.717) is 23.8 Å². The summed E-state index contributed by atoms with van der Waals surface area (Å²) in [6, 6.07) is 5.42. The van der Waals surface area contributed by atoms with Gasteiger partial charge in [0.25, 0.3) is 5.56 Å². The number of nitrogens with zero attached hydrogens (tertiary/aromatic N) is 3. The lowest BCUT2D eigenvalue weighted by Crippen LogP contribution is -2.15. The maximum absolute atomic E-state index is 11.4. The lowest BCUT2D eigenvalue weighted by Gasteiger charge is -2.09. The molecule has 2 rings (SSSR count). The number of H-pyrrole nitrogens is 1. The molecule has 0 fully saturated rings. The van der Waals surface area contributed by atoms with Crippen LogP contribution in [0.1, 0.15) is 18.2 Å². The van der Waals surface area contributed by atoms with Gasteiger partial charge in [0.2, 0.25) is 5.95 Å². The van der Waals surface area contributed by atoms with Gasteiger partial charge in [0.05, 0.1) is 19.9 Å². The van der Waals surface area contributed by atoms with Crippen molar-refractivity contribution in [2.75, 3.05) is 19.1 Å². The molecule has 0 radical (unpaired) electrons. The maximum atomic E-state index is 11.4. The summed E-state index contributed by atoms with van der Waals surface area (Å²) in [5.74, 6) is 1.46. The van der Waals surface area contributed by atoms with Crippen LogP contribution in [0.2, 0.25) is 0 Å². The number of aromatic amines is 1. The largest absolute Gasteiger partial charge is 0.493 e. The molecule has 0 atom stereocenters. The van der Waals surface area contributed by atoms with Gasteiger partial charge < -0.3 is 9.47 Å². The van der Waals surface area contributed by atoms with Crippen LogP contribution in [-0.4, -0.2) is 35.1 Å². The average Bonchev–Trinajstić information content (AvgIpc) is 2.51. The van der Waals surface area contributed by atoms with Crippen LogP contribution in [0, 0.1) is 6.92 Å². The minimum absolute atomic E-state index is 0.172. The number of nitrogens with one attached hydrogen (secondary N) is 2. The van der Waals surface area contributed by atoms with Crippen LogP contribution < -0.4 is 20.5 Å². The van der Waals surface area contributed by atoms with E-state index < -0.39 is 0 Å². The van der Waals surface area contributed by atoms with Gasteiger partial charge in [-0.05, 0) is 37.6 Å². The molecule has 0 spiro atoms. The summed E-state index contributed by atoms with van der Waals surface area (Å²) < 4.78 is 10.7. The van der Waals surface area contributed by atoms with E-state index in [1.165, 1.54) is 0 Å². The Labute approximate surface area is 127 Å². The Bertz CT molecular complexity index is 727. The molecule has 0 unspecified atom stereocenters. The summed E-state index contributed by atoms with van der Waals surface area (Å²) in [5, 5.41) is 11.5. The molecule has 0 aliphatic carbocycles.